The molecule has 4 heteroatoms. The molecule has 0 aliphatic rings. The number of hydrogen-bond acceptors (Lipinski definition) is 2. The van der Waals surface area contributed by atoms with Gasteiger partial charge >= 0.3 is 0 Å². The van der Waals surface area contributed by atoms with Gasteiger partial charge in [0.15, 0.2) is 5.78 Å². The minimum absolute atomic E-state index is 0.00748. The van der Waals surface area contributed by atoms with Crippen LogP contribution in [0.3, 0.4) is 0 Å². The van der Waals surface area contributed by atoms with Crippen LogP contribution in [0.2, 0.25) is 5.02 Å². The zero-order chi connectivity index (χ0) is 13.1. The van der Waals surface area contributed by atoms with Crippen LogP contribution in [0.1, 0.15) is 15.9 Å². The first-order valence-corrected chi connectivity index (χ1v) is 5.77. The van der Waals surface area contributed by atoms with E-state index in [9.17, 15) is 9.18 Å². The summed E-state index contributed by atoms with van der Waals surface area (Å²) in [6, 6.07) is 10.8. The smallest absolute Gasteiger partial charge is 0.167 e. The summed E-state index contributed by atoms with van der Waals surface area (Å²) in [6.45, 7) is 0. The number of benzene rings is 2. The van der Waals surface area contributed by atoms with Crippen LogP contribution in [-0.2, 0) is 6.42 Å². The van der Waals surface area contributed by atoms with Crippen molar-refractivity contribution >= 4 is 23.1 Å². The van der Waals surface area contributed by atoms with Crippen LogP contribution in [-0.4, -0.2) is 5.78 Å². The monoisotopic (exact) mass is 263 g/mol. The number of Topliss-reactive ketones (excluding diaryl/α,β-unsaturated/α-hetero) is 1. The Kier molecular flexibility index (Phi) is 3.63. The Morgan fingerprint density at radius 1 is 1.22 bits per heavy atom. The molecule has 2 aromatic rings. The third kappa shape index (κ3) is 2.87. The Labute approximate surface area is 109 Å². The van der Waals surface area contributed by atoms with Crippen LogP contribution in [0, 0.1) is 5.82 Å². The van der Waals surface area contributed by atoms with E-state index < -0.39 is 0 Å². The van der Waals surface area contributed by atoms with E-state index >= 15 is 0 Å². The van der Waals surface area contributed by atoms with Crippen LogP contribution in [0.4, 0.5) is 10.1 Å². The molecule has 18 heavy (non-hydrogen) atoms. The average Bonchev–Trinajstić information content (AvgIpc) is 2.31. The van der Waals surface area contributed by atoms with Crippen LogP contribution in [0.5, 0.6) is 0 Å². The van der Waals surface area contributed by atoms with Crippen molar-refractivity contribution in [3.8, 4) is 0 Å². The SMILES string of the molecule is Nc1cc(Cl)cc(C(=O)Cc2ccccc2F)c1. The van der Waals surface area contributed by atoms with E-state index in [1.54, 1.807) is 24.3 Å². The molecular formula is C14H11ClFNO. The summed E-state index contributed by atoms with van der Waals surface area (Å²) in [5.41, 5.74) is 6.78. The van der Waals surface area contributed by atoms with Crippen LogP contribution in [0.25, 0.3) is 0 Å². The van der Waals surface area contributed by atoms with Gasteiger partial charge in [0.05, 0.1) is 0 Å². The quantitative estimate of drug-likeness (QED) is 0.680. The predicted molar refractivity (Wildman–Crippen MR) is 70.3 cm³/mol. The third-order valence-electron chi connectivity index (χ3n) is 2.55. The van der Waals surface area contributed by atoms with Crippen molar-refractivity contribution in [1.29, 1.82) is 0 Å². The standard InChI is InChI=1S/C14H11ClFNO/c15-11-5-10(6-12(17)8-11)14(18)7-9-3-1-2-4-13(9)16/h1-6,8H,7,17H2. The highest BCUT2D eigenvalue weighted by atomic mass is 35.5. The molecule has 2 nitrogen and oxygen atoms in total. The maximum absolute atomic E-state index is 13.4. The highest BCUT2D eigenvalue weighted by Gasteiger charge is 2.11. The minimum atomic E-state index is -0.388. The van der Waals surface area contributed by atoms with E-state index in [-0.39, 0.29) is 18.0 Å². The molecule has 2 rings (SSSR count). The summed E-state index contributed by atoms with van der Waals surface area (Å²) in [4.78, 5) is 12.0. The van der Waals surface area contributed by atoms with Crippen molar-refractivity contribution in [1.82, 2.24) is 0 Å². The molecule has 0 atom stereocenters. The zero-order valence-electron chi connectivity index (χ0n) is 9.49. The second kappa shape index (κ2) is 5.19. The molecule has 0 unspecified atom stereocenters. The Morgan fingerprint density at radius 2 is 1.94 bits per heavy atom. The fourth-order valence-electron chi connectivity index (χ4n) is 1.69. The molecule has 0 bridgehead atoms. The van der Waals surface area contributed by atoms with Gasteiger partial charge in [-0.15, -0.1) is 0 Å². The first-order chi connectivity index (χ1) is 8.56. The van der Waals surface area contributed by atoms with Crippen molar-refractivity contribution in [2.45, 2.75) is 6.42 Å². The molecule has 0 aliphatic carbocycles. The van der Waals surface area contributed by atoms with Crippen molar-refractivity contribution < 1.29 is 9.18 Å². The topological polar surface area (TPSA) is 43.1 Å². The van der Waals surface area contributed by atoms with Gasteiger partial charge in [-0.2, -0.15) is 0 Å². The molecule has 0 saturated heterocycles. The molecule has 0 radical (unpaired) electrons. The van der Waals surface area contributed by atoms with E-state index in [2.05, 4.69) is 0 Å². The molecule has 2 N–H and O–H groups in total. The molecule has 92 valence electrons. The first-order valence-electron chi connectivity index (χ1n) is 5.39. The van der Waals surface area contributed by atoms with Crippen LogP contribution < -0.4 is 5.73 Å². The number of carbonyl (C=O) groups excluding carboxylic acids is 1. The number of anilines is 1. The van der Waals surface area contributed by atoms with E-state index in [0.29, 0.717) is 21.8 Å². The summed E-state index contributed by atoms with van der Waals surface area (Å²) in [5.74, 6) is -0.602. The number of nitrogens with two attached hydrogens (primary N) is 1. The summed E-state index contributed by atoms with van der Waals surface area (Å²) in [7, 11) is 0. The largest absolute Gasteiger partial charge is 0.399 e. The number of carbonyl (C=O) groups is 1. The summed E-state index contributed by atoms with van der Waals surface area (Å²) < 4.78 is 13.4. The van der Waals surface area contributed by atoms with Gasteiger partial charge in [0.2, 0.25) is 0 Å². The summed E-state index contributed by atoms with van der Waals surface area (Å²) in [6.07, 6.45) is -0.00748. The second-order valence-electron chi connectivity index (χ2n) is 3.96. The third-order valence-corrected chi connectivity index (χ3v) is 2.77. The van der Waals surface area contributed by atoms with Gasteiger partial charge in [-0.05, 0) is 29.8 Å². The van der Waals surface area contributed by atoms with Gasteiger partial charge in [-0.3, -0.25) is 4.79 Å². The number of rotatable bonds is 3. The lowest BCUT2D eigenvalue weighted by atomic mass is 10.0. The highest BCUT2D eigenvalue weighted by Crippen LogP contribution is 2.19. The van der Waals surface area contributed by atoms with Crippen molar-refractivity contribution in [3.05, 3.63) is 64.4 Å². The molecule has 0 amide bonds. The van der Waals surface area contributed by atoms with E-state index in [1.165, 1.54) is 18.2 Å². The molecule has 0 fully saturated rings. The van der Waals surface area contributed by atoms with Gasteiger partial charge in [0.25, 0.3) is 0 Å². The molecule has 2 aromatic carbocycles. The first kappa shape index (κ1) is 12.6. The molecule has 0 aromatic heterocycles. The Bertz CT molecular complexity index is 578. The lowest BCUT2D eigenvalue weighted by Crippen LogP contribution is -2.05. The van der Waals surface area contributed by atoms with E-state index in [0.717, 1.165) is 0 Å². The second-order valence-corrected chi connectivity index (χ2v) is 4.40. The maximum Gasteiger partial charge on any atom is 0.167 e. The number of hydrogen-bond donors (Lipinski definition) is 1. The molecule has 0 heterocycles. The van der Waals surface area contributed by atoms with Crippen molar-refractivity contribution in [2.75, 3.05) is 5.73 Å². The molecule has 0 aliphatic heterocycles. The minimum Gasteiger partial charge on any atom is -0.399 e. The fourth-order valence-corrected chi connectivity index (χ4v) is 1.93. The van der Waals surface area contributed by atoms with Crippen molar-refractivity contribution in [2.24, 2.45) is 0 Å². The van der Waals surface area contributed by atoms with Gasteiger partial charge in [0.1, 0.15) is 5.82 Å². The Balaban J connectivity index is 2.25. The highest BCUT2D eigenvalue weighted by molar-refractivity contribution is 6.31. The van der Waals surface area contributed by atoms with E-state index in [1.807, 2.05) is 0 Å². The zero-order valence-corrected chi connectivity index (χ0v) is 10.2. The molecule has 0 spiro atoms. The van der Waals surface area contributed by atoms with Crippen LogP contribution in [0.15, 0.2) is 42.5 Å². The fraction of sp³-hybridized carbons (Fsp3) is 0.0714. The molecule has 0 saturated carbocycles. The lowest BCUT2D eigenvalue weighted by Gasteiger charge is -2.04. The predicted octanol–water partition coefficient (Wildman–Crippen LogP) is 3.49. The van der Waals surface area contributed by atoms with Crippen molar-refractivity contribution in [3.63, 3.8) is 0 Å². The normalized spacial score (nSPS) is 10.3. The average molecular weight is 264 g/mol. The number of ketones is 1. The summed E-state index contributed by atoms with van der Waals surface area (Å²) >= 11 is 5.82. The summed E-state index contributed by atoms with van der Waals surface area (Å²) in [5, 5.41) is 0.395. The Hall–Kier alpha value is -1.87. The number of nitrogen functional groups attached to an aromatic ring is 1. The van der Waals surface area contributed by atoms with E-state index in [4.69, 9.17) is 17.3 Å². The van der Waals surface area contributed by atoms with Gasteiger partial charge < -0.3 is 5.73 Å². The Morgan fingerprint density at radius 3 is 2.61 bits per heavy atom. The number of halogens is 2. The van der Waals surface area contributed by atoms with Gasteiger partial charge in [-0.25, -0.2) is 4.39 Å². The van der Waals surface area contributed by atoms with Crippen LogP contribution >= 0.6 is 11.6 Å². The lowest BCUT2D eigenvalue weighted by molar-refractivity contribution is 0.0992. The maximum atomic E-state index is 13.4. The van der Waals surface area contributed by atoms with Gasteiger partial charge in [-0.1, -0.05) is 29.8 Å². The van der Waals surface area contributed by atoms with Gasteiger partial charge in [0, 0.05) is 22.7 Å². The molecular weight excluding hydrogens is 253 g/mol.